The molecule has 19 heavy (non-hydrogen) atoms. The van der Waals surface area contributed by atoms with Crippen LogP contribution >= 0.6 is 12.4 Å². The van der Waals surface area contributed by atoms with E-state index in [-0.39, 0.29) is 23.8 Å². The molecular weight excluding hydrogens is 278 g/mol. The number of nitrogens with two attached hydrogens (primary N) is 1. The van der Waals surface area contributed by atoms with E-state index in [0.29, 0.717) is 5.56 Å². The lowest BCUT2D eigenvalue weighted by molar-refractivity contribution is 0.0118. The fraction of sp³-hybridized carbons (Fsp3) is 0.333. The van der Waals surface area contributed by atoms with Crippen molar-refractivity contribution < 1.29 is 18.4 Å². The number of alkyl halides is 2. The van der Waals surface area contributed by atoms with Crippen molar-refractivity contribution in [3.05, 3.63) is 35.4 Å². The molecule has 0 fully saturated rings. The van der Waals surface area contributed by atoms with E-state index in [2.05, 4.69) is 5.32 Å². The van der Waals surface area contributed by atoms with Crippen molar-refractivity contribution in [2.75, 3.05) is 13.1 Å². The van der Waals surface area contributed by atoms with Crippen LogP contribution in [-0.4, -0.2) is 30.7 Å². The number of nitrogens with one attached hydrogen (secondary N) is 1. The van der Waals surface area contributed by atoms with E-state index in [1.54, 1.807) is 0 Å². The second-order valence-electron chi connectivity index (χ2n) is 3.88. The fourth-order valence-corrected chi connectivity index (χ4v) is 1.24. The zero-order valence-corrected chi connectivity index (χ0v) is 11.1. The molecule has 0 aromatic heterocycles. The minimum Gasteiger partial charge on any atom is -0.346 e. The molecule has 0 unspecified atom stereocenters. The van der Waals surface area contributed by atoms with Crippen LogP contribution in [-0.2, 0) is 0 Å². The number of rotatable bonds is 5. The number of carbonyl (C=O) groups excluding carboxylic acids is 2. The van der Waals surface area contributed by atoms with Gasteiger partial charge in [-0.15, -0.1) is 12.4 Å². The lowest BCUT2D eigenvalue weighted by atomic mass is 10.1. The Labute approximate surface area is 115 Å². The summed E-state index contributed by atoms with van der Waals surface area (Å²) in [5.74, 6) is -3.87. The van der Waals surface area contributed by atoms with Gasteiger partial charge >= 0.3 is 0 Å². The topological polar surface area (TPSA) is 72.2 Å². The van der Waals surface area contributed by atoms with E-state index in [1.807, 2.05) is 0 Å². The Hall–Kier alpha value is -1.53. The van der Waals surface area contributed by atoms with Crippen LogP contribution in [0.15, 0.2) is 24.3 Å². The predicted octanol–water partition coefficient (Wildman–Crippen LogP) is 1.63. The maximum atomic E-state index is 12.8. The molecule has 0 radical (unpaired) electrons. The third-order valence-corrected chi connectivity index (χ3v) is 2.36. The van der Waals surface area contributed by atoms with Crippen LogP contribution in [0, 0.1) is 0 Å². The highest BCUT2D eigenvalue weighted by molar-refractivity contribution is 5.97. The molecule has 1 rings (SSSR count). The first-order chi connectivity index (χ1) is 8.35. The molecular formula is C12H15ClF2N2O2. The maximum Gasteiger partial charge on any atom is 0.277 e. The molecule has 3 N–H and O–H groups in total. The van der Waals surface area contributed by atoms with Gasteiger partial charge in [0.15, 0.2) is 5.78 Å². The minimum absolute atomic E-state index is 0. The van der Waals surface area contributed by atoms with E-state index in [9.17, 15) is 18.4 Å². The highest BCUT2D eigenvalue weighted by Crippen LogP contribution is 2.10. The van der Waals surface area contributed by atoms with Crippen molar-refractivity contribution in [3.8, 4) is 0 Å². The number of hydrogen-bond acceptors (Lipinski definition) is 3. The largest absolute Gasteiger partial charge is 0.346 e. The lowest BCUT2D eigenvalue weighted by Gasteiger charge is -2.14. The Morgan fingerprint density at radius 2 is 1.68 bits per heavy atom. The van der Waals surface area contributed by atoms with Gasteiger partial charge in [-0.25, -0.2) is 8.78 Å². The molecule has 0 saturated carbocycles. The summed E-state index contributed by atoms with van der Waals surface area (Å²) >= 11 is 0. The van der Waals surface area contributed by atoms with E-state index < -0.39 is 24.9 Å². The summed E-state index contributed by atoms with van der Waals surface area (Å²) in [7, 11) is 0. The summed E-state index contributed by atoms with van der Waals surface area (Å²) in [5.41, 5.74) is 5.52. The van der Waals surface area contributed by atoms with Gasteiger partial charge in [0.25, 0.3) is 11.8 Å². The number of hydrogen-bond donors (Lipinski definition) is 2. The highest BCUT2D eigenvalue weighted by Gasteiger charge is 2.27. The molecule has 0 aliphatic carbocycles. The maximum absolute atomic E-state index is 12.8. The smallest absolute Gasteiger partial charge is 0.277 e. The number of Topliss-reactive ketones (excluding diaryl/α,β-unsaturated/α-hetero) is 1. The zero-order valence-electron chi connectivity index (χ0n) is 10.3. The van der Waals surface area contributed by atoms with Crippen molar-refractivity contribution in [1.82, 2.24) is 5.32 Å². The van der Waals surface area contributed by atoms with Crippen molar-refractivity contribution in [2.45, 2.75) is 12.8 Å². The van der Waals surface area contributed by atoms with Crippen LogP contribution in [0.5, 0.6) is 0 Å². The first-order valence-electron chi connectivity index (χ1n) is 5.33. The molecule has 0 atom stereocenters. The fourth-order valence-electron chi connectivity index (χ4n) is 1.24. The van der Waals surface area contributed by atoms with Crippen LogP contribution < -0.4 is 11.1 Å². The third-order valence-electron chi connectivity index (χ3n) is 2.36. The zero-order chi connectivity index (χ0) is 13.8. The van der Waals surface area contributed by atoms with Crippen molar-refractivity contribution in [1.29, 1.82) is 0 Å². The van der Waals surface area contributed by atoms with Crippen LogP contribution in [0.2, 0.25) is 0 Å². The summed E-state index contributed by atoms with van der Waals surface area (Å²) in [6, 6.07) is 5.76. The first-order valence-corrected chi connectivity index (χ1v) is 5.33. The quantitative estimate of drug-likeness (QED) is 0.810. The van der Waals surface area contributed by atoms with Gasteiger partial charge in [0.05, 0.1) is 13.1 Å². The molecule has 0 heterocycles. The number of halogens is 3. The third kappa shape index (κ3) is 5.32. The van der Waals surface area contributed by atoms with Crippen molar-refractivity contribution in [2.24, 2.45) is 5.73 Å². The van der Waals surface area contributed by atoms with Crippen LogP contribution in [0.3, 0.4) is 0 Å². The van der Waals surface area contributed by atoms with E-state index in [4.69, 9.17) is 5.73 Å². The summed E-state index contributed by atoms with van der Waals surface area (Å²) in [6.07, 6.45) is 0. The molecule has 4 nitrogen and oxygen atoms in total. The molecule has 1 aromatic carbocycles. The minimum atomic E-state index is -3.12. The summed E-state index contributed by atoms with van der Waals surface area (Å²) in [4.78, 5) is 22.5. The predicted molar refractivity (Wildman–Crippen MR) is 70.0 cm³/mol. The van der Waals surface area contributed by atoms with Gasteiger partial charge in [-0.05, 0) is 19.1 Å². The molecule has 7 heteroatoms. The van der Waals surface area contributed by atoms with Gasteiger partial charge in [-0.3, -0.25) is 9.59 Å². The van der Waals surface area contributed by atoms with Crippen molar-refractivity contribution in [3.63, 3.8) is 0 Å². The van der Waals surface area contributed by atoms with E-state index >= 15 is 0 Å². The second kappa shape index (κ2) is 7.16. The van der Waals surface area contributed by atoms with E-state index in [0.717, 1.165) is 0 Å². The van der Waals surface area contributed by atoms with Gasteiger partial charge in [0.2, 0.25) is 0 Å². The van der Waals surface area contributed by atoms with Gasteiger partial charge in [-0.2, -0.15) is 0 Å². The van der Waals surface area contributed by atoms with Gasteiger partial charge in [0, 0.05) is 11.1 Å². The standard InChI is InChI=1S/C12H14F2N2O2.ClH/c1-8(17)9-2-4-10(5-3-9)11(18)16-7-12(13,14)6-15;/h2-5H,6-7,15H2,1H3,(H,16,18);1H. The highest BCUT2D eigenvalue weighted by atomic mass is 35.5. The Morgan fingerprint density at radius 1 is 1.21 bits per heavy atom. The molecule has 1 aromatic rings. The molecule has 0 spiro atoms. The van der Waals surface area contributed by atoms with Crippen LogP contribution in [0.4, 0.5) is 8.78 Å². The second-order valence-corrected chi connectivity index (χ2v) is 3.88. The van der Waals surface area contributed by atoms with Crippen LogP contribution in [0.25, 0.3) is 0 Å². The summed E-state index contributed by atoms with van der Waals surface area (Å²) < 4.78 is 25.6. The molecule has 0 bridgehead atoms. The SMILES string of the molecule is CC(=O)c1ccc(C(=O)NCC(F)(F)CN)cc1.Cl. The molecule has 1 amide bonds. The number of amides is 1. The first kappa shape index (κ1) is 17.5. The lowest BCUT2D eigenvalue weighted by Crippen LogP contribution is -2.41. The Balaban J connectivity index is 0.00000324. The van der Waals surface area contributed by atoms with E-state index in [1.165, 1.54) is 31.2 Å². The average molecular weight is 293 g/mol. The Bertz CT molecular complexity index is 450. The Kier molecular flexibility index (Phi) is 6.58. The van der Waals surface area contributed by atoms with Crippen LogP contribution in [0.1, 0.15) is 27.6 Å². The molecule has 0 aliphatic heterocycles. The summed E-state index contributed by atoms with van der Waals surface area (Å²) in [6.45, 7) is -0.232. The number of benzene rings is 1. The van der Waals surface area contributed by atoms with Gasteiger partial charge in [-0.1, -0.05) is 12.1 Å². The summed E-state index contributed by atoms with van der Waals surface area (Å²) in [5, 5.41) is 2.08. The molecule has 106 valence electrons. The normalized spacial score (nSPS) is 10.5. The number of ketones is 1. The molecule has 0 saturated heterocycles. The van der Waals surface area contributed by atoms with Gasteiger partial charge < -0.3 is 11.1 Å². The number of carbonyl (C=O) groups is 2. The monoisotopic (exact) mass is 292 g/mol. The van der Waals surface area contributed by atoms with Gasteiger partial charge in [0.1, 0.15) is 0 Å². The van der Waals surface area contributed by atoms with Crippen molar-refractivity contribution >= 4 is 24.1 Å². The Morgan fingerprint density at radius 3 is 2.11 bits per heavy atom. The average Bonchev–Trinajstić information content (AvgIpc) is 2.36. The molecule has 0 aliphatic rings.